The second kappa shape index (κ2) is 12.7. The Morgan fingerprint density at radius 3 is 2.25 bits per heavy atom. The van der Waals surface area contributed by atoms with Crippen LogP contribution in [0.3, 0.4) is 0 Å². The lowest BCUT2D eigenvalue weighted by molar-refractivity contribution is -0.141. The lowest BCUT2D eigenvalue weighted by Crippen LogP contribution is -2.53. The number of benzene rings is 3. The standard InChI is InChI=1S/C31H35ClN2O2/c1-23-16-18-25(19-17-23)21-30(35)34(22-26-12-8-9-15-28(26)32)29(20-24-10-4-2-5-11-24)31(36)33-27-13-6-3-7-14-27/h2,4-5,8-12,15-19,27,29H,3,6-7,13-14,20-22H2,1H3,(H,33,36)/t29-/m1/s1. The van der Waals surface area contributed by atoms with Gasteiger partial charge in [0.05, 0.1) is 6.42 Å². The fourth-order valence-corrected chi connectivity index (χ4v) is 5.09. The van der Waals surface area contributed by atoms with E-state index in [1.54, 1.807) is 4.90 Å². The van der Waals surface area contributed by atoms with Crippen molar-refractivity contribution < 1.29 is 9.59 Å². The second-order valence-electron chi connectivity index (χ2n) is 9.82. The molecule has 1 aliphatic carbocycles. The minimum atomic E-state index is -0.636. The predicted molar refractivity (Wildman–Crippen MR) is 146 cm³/mol. The first-order valence-corrected chi connectivity index (χ1v) is 13.3. The van der Waals surface area contributed by atoms with Crippen molar-refractivity contribution in [3.8, 4) is 0 Å². The summed E-state index contributed by atoms with van der Waals surface area (Å²) in [4.78, 5) is 29.4. The molecule has 2 amide bonds. The summed E-state index contributed by atoms with van der Waals surface area (Å²) in [6, 6.07) is 25.0. The van der Waals surface area contributed by atoms with Crippen LogP contribution in [0.25, 0.3) is 0 Å². The van der Waals surface area contributed by atoms with Gasteiger partial charge in [-0.2, -0.15) is 0 Å². The van der Waals surface area contributed by atoms with Gasteiger partial charge in [0, 0.05) is 24.0 Å². The first-order valence-electron chi connectivity index (χ1n) is 12.9. The molecule has 1 N–H and O–H groups in total. The van der Waals surface area contributed by atoms with Crippen molar-refractivity contribution in [3.63, 3.8) is 0 Å². The van der Waals surface area contributed by atoms with Gasteiger partial charge in [-0.05, 0) is 42.5 Å². The first kappa shape index (κ1) is 26.0. The van der Waals surface area contributed by atoms with Crippen molar-refractivity contribution in [3.05, 3.63) is 106 Å². The van der Waals surface area contributed by atoms with Crippen LogP contribution in [0.5, 0.6) is 0 Å². The number of hydrogen-bond acceptors (Lipinski definition) is 2. The maximum atomic E-state index is 13.8. The molecule has 3 aromatic rings. The zero-order chi connectivity index (χ0) is 25.3. The summed E-state index contributed by atoms with van der Waals surface area (Å²) in [7, 11) is 0. The molecule has 3 aromatic carbocycles. The monoisotopic (exact) mass is 502 g/mol. The van der Waals surface area contributed by atoms with E-state index in [-0.39, 0.29) is 30.8 Å². The van der Waals surface area contributed by atoms with E-state index >= 15 is 0 Å². The summed E-state index contributed by atoms with van der Waals surface area (Å²) in [6.07, 6.45) is 6.13. The molecule has 4 nitrogen and oxygen atoms in total. The number of carbonyl (C=O) groups excluding carboxylic acids is 2. The number of hydrogen-bond donors (Lipinski definition) is 1. The van der Waals surface area contributed by atoms with Crippen LogP contribution in [-0.2, 0) is 29.0 Å². The molecule has 5 heteroatoms. The van der Waals surface area contributed by atoms with Crippen molar-refractivity contribution in [2.45, 2.75) is 70.5 Å². The average Bonchev–Trinajstić information content (AvgIpc) is 2.89. The van der Waals surface area contributed by atoms with Gasteiger partial charge in [-0.1, -0.05) is 109 Å². The third kappa shape index (κ3) is 7.20. The summed E-state index contributed by atoms with van der Waals surface area (Å²) in [6.45, 7) is 2.31. The van der Waals surface area contributed by atoms with Gasteiger partial charge in [0.25, 0.3) is 0 Å². The van der Waals surface area contributed by atoms with Gasteiger partial charge in [-0.3, -0.25) is 9.59 Å². The Morgan fingerprint density at radius 2 is 1.56 bits per heavy atom. The van der Waals surface area contributed by atoms with E-state index in [0.29, 0.717) is 11.4 Å². The van der Waals surface area contributed by atoms with Crippen LogP contribution in [-0.4, -0.2) is 28.8 Å². The Balaban J connectivity index is 1.65. The molecule has 0 unspecified atom stereocenters. The molecule has 188 valence electrons. The number of aryl methyl sites for hydroxylation is 1. The van der Waals surface area contributed by atoms with Gasteiger partial charge in [0.2, 0.25) is 11.8 Å². The quantitative estimate of drug-likeness (QED) is 0.374. The molecule has 1 atom stereocenters. The molecule has 0 spiro atoms. The van der Waals surface area contributed by atoms with E-state index in [1.165, 1.54) is 6.42 Å². The minimum absolute atomic E-state index is 0.0847. The lowest BCUT2D eigenvalue weighted by Gasteiger charge is -2.33. The molecule has 0 heterocycles. The molecule has 36 heavy (non-hydrogen) atoms. The molecule has 1 fully saturated rings. The molecule has 0 bridgehead atoms. The van der Waals surface area contributed by atoms with E-state index in [1.807, 2.05) is 85.8 Å². The molecule has 0 aromatic heterocycles. The molecule has 0 aliphatic heterocycles. The zero-order valence-electron chi connectivity index (χ0n) is 21.0. The van der Waals surface area contributed by atoms with Crippen LogP contribution >= 0.6 is 11.6 Å². The highest BCUT2D eigenvalue weighted by atomic mass is 35.5. The number of nitrogens with zero attached hydrogens (tertiary/aromatic N) is 1. The average molecular weight is 503 g/mol. The van der Waals surface area contributed by atoms with Crippen molar-refractivity contribution in [1.82, 2.24) is 10.2 Å². The highest BCUT2D eigenvalue weighted by Crippen LogP contribution is 2.23. The van der Waals surface area contributed by atoms with Crippen molar-refractivity contribution in [2.75, 3.05) is 0 Å². The van der Waals surface area contributed by atoms with Gasteiger partial charge >= 0.3 is 0 Å². The van der Waals surface area contributed by atoms with Gasteiger partial charge in [0.1, 0.15) is 6.04 Å². The van der Waals surface area contributed by atoms with Crippen molar-refractivity contribution in [1.29, 1.82) is 0 Å². The fourth-order valence-electron chi connectivity index (χ4n) is 4.89. The smallest absolute Gasteiger partial charge is 0.243 e. The largest absolute Gasteiger partial charge is 0.352 e. The topological polar surface area (TPSA) is 49.4 Å². The second-order valence-corrected chi connectivity index (χ2v) is 10.2. The molecular formula is C31H35ClN2O2. The Labute approximate surface area is 219 Å². The molecule has 0 radical (unpaired) electrons. The Bertz CT molecular complexity index is 1140. The summed E-state index contributed by atoms with van der Waals surface area (Å²) in [5.74, 6) is -0.173. The van der Waals surface area contributed by atoms with E-state index in [2.05, 4.69) is 5.32 Å². The Morgan fingerprint density at radius 1 is 0.889 bits per heavy atom. The number of amides is 2. The molecule has 1 aliphatic rings. The van der Waals surface area contributed by atoms with Gasteiger partial charge in [-0.25, -0.2) is 0 Å². The third-order valence-electron chi connectivity index (χ3n) is 7.00. The van der Waals surface area contributed by atoms with Crippen LogP contribution in [0.4, 0.5) is 0 Å². The van der Waals surface area contributed by atoms with Crippen LogP contribution in [0.1, 0.15) is 54.4 Å². The molecule has 4 rings (SSSR count). The highest BCUT2D eigenvalue weighted by Gasteiger charge is 2.32. The Kier molecular flexibility index (Phi) is 9.18. The molecule has 1 saturated carbocycles. The molecule has 0 saturated heterocycles. The Hall–Kier alpha value is -3.11. The van der Waals surface area contributed by atoms with E-state index in [4.69, 9.17) is 11.6 Å². The first-order chi connectivity index (χ1) is 17.5. The fraction of sp³-hybridized carbons (Fsp3) is 0.355. The lowest BCUT2D eigenvalue weighted by atomic mass is 9.94. The number of rotatable bonds is 9. The van der Waals surface area contributed by atoms with Crippen LogP contribution in [0.2, 0.25) is 5.02 Å². The maximum absolute atomic E-state index is 13.8. The van der Waals surface area contributed by atoms with Crippen LogP contribution < -0.4 is 5.32 Å². The summed E-state index contributed by atoms with van der Waals surface area (Å²) in [5, 5.41) is 3.87. The predicted octanol–water partition coefficient (Wildman–Crippen LogP) is 6.28. The third-order valence-corrected chi connectivity index (χ3v) is 7.37. The number of halogens is 1. The van der Waals surface area contributed by atoms with E-state index < -0.39 is 6.04 Å². The van der Waals surface area contributed by atoms with Gasteiger partial charge in [-0.15, -0.1) is 0 Å². The minimum Gasteiger partial charge on any atom is -0.352 e. The summed E-state index contributed by atoms with van der Waals surface area (Å²) < 4.78 is 0. The van der Waals surface area contributed by atoms with Crippen LogP contribution in [0, 0.1) is 6.92 Å². The zero-order valence-corrected chi connectivity index (χ0v) is 21.7. The number of nitrogens with one attached hydrogen (secondary N) is 1. The SMILES string of the molecule is Cc1ccc(CC(=O)N(Cc2ccccc2Cl)[C@H](Cc2ccccc2)C(=O)NC2CCCCC2)cc1. The van der Waals surface area contributed by atoms with Crippen LogP contribution in [0.15, 0.2) is 78.9 Å². The van der Waals surface area contributed by atoms with Gasteiger partial charge in [0.15, 0.2) is 0 Å². The maximum Gasteiger partial charge on any atom is 0.243 e. The normalized spacial score (nSPS) is 14.7. The van der Waals surface area contributed by atoms with Crippen molar-refractivity contribution in [2.24, 2.45) is 0 Å². The molecular weight excluding hydrogens is 468 g/mol. The van der Waals surface area contributed by atoms with E-state index in [0.717, 1.165) is 47.9 Å². The summed E-state index contributed by atoms with van der Waals surface area (Å²) in [5.41, 5.74) is 3.93. The highest BCUT2D eigenvalue weighted by molar-refractivity contribution is 6.31. The van der Waals surface area contributed by atoms with Gasteiger partial charge < -0.3 is 10.2 Å². The van der Waals surface area contributed by atoms with E-state index in [9.17, 15) is 9.59 Å². The van der Waals surface area contributed by atoms with Crippen molar-refractivity contribution >= 4 is 23.4 Å². The number of carbonyl (C=O) groups is 2. The summed E-state index contributed by atoms with van der Waals surface area (Å²) >= 11 is 6.51.